The maximum Gasteiger partial charge on any atom is 0.248 e. The molecule has 2 amide bonds. The summed E-state index contributed by atoms with van der Waals surface area (Å²) in [6, 6.07) is 5.72. The topological polar surface area (TPSA) is 94.6 Å². The Morgan fingerprint density at radius 2 is 2.21 bits per heavy atom. The number of thiazole rings is 1. The lowest BCUT2D eigenvalue weighted by Gasteiger charge is -2.38. The van der Waals surface area contributed by atoms with Crippen molar-refractivity contribution in [1.29, 1.82) is 0 Å². The van der Waals surface area contributed by atoms with E-state index in [1.165, 1.54) is 15.8 Å². The number of hydroxylamine groups is 1. The van der Waals surface area contributed by atoms with Gasteiger partial charge in [-0.15, -0.1) is 11.3 Å². The number of rotatable bonds is 3. The number of carbonyl (C=O) groups excluding carboxylic acids is 2. The largest absolute Gasteiger partial charge is 0.337 e. The number of hydrogen-bond acceptors (Lipinski definition) is 6. The molecule has 152 valence electrons. The minimum Gasteiger partial charge on any atom is -0.337 e. The Hall–Kier alpha value is -2.29. The van der Waals surface area contributed by atoms with E-state index in [1.54, 1.807) is 16.8 Å². The van der Waals surface area contributed by atoms with Crippen LogP contribution in [0.1, 0.15) is 31.2 Å². The number of nitrogens with zero attached hydrogens (tertiary/aromatic N) is 2. The van der Waals surface area contributed by atoms with Crippen LogP contribution in [0.3, 0.4) is 0 Å². The highest BCUT2D eigenvalue weighted by atomic mass is 32.1. The van der Waals surface area contributed by atoms with E-state index < -0.39 is 17.9 Å². The van der Waals surface area contributed by atoms with Crippen molar-refractivity contribution in [3.05, 3.63) is 35.3 Å². The van der Waals surface area contributed by atoms with E-state index in [9.17, 15) is 9.59 Å². The van der Waals surface area contributed by atoms with Crippen LogP contribution in [0.2, 0.25) is 0 Å². The van der Waals surface area contributed by atoms with Gasteiger partial charge in [-0.2, -0.15) is 0 Å². The summed E-state index contributed by atoms with van der Waals surface area (Å²) in [5.41, 5.74) is 7.18. The van der Waals surface area contributed by atoms with Gasteiger partial charge in [0.2, 0.25) is 11.8 Å². The van der Waals surface area contributed by atoms with Crippen LogP contribution in [0.15, 0.2) is 29.8 Å². The van der Waals surface area contributed by atoms with E-state index in [2.05, 4.69) is 28.5 Å². The second-order valence-corrected chi connectivity index (χ2v) is 9.33. The van der Waals surface area contributed by atoms with Gasteiger partial charge < -0.3 is 10.2 Å². The second kappa shape index (κ2) is 7.19. The Morgan fingerprint density at radius 3 is 2.93 bits per heavy atom. The standard InChI is InChI=1S/C21H24N4O3S/c26-19(24-28)15-10-21(5-6-21)11-22-18(15)20(27)25-7-3-13(4-8-25)14-1-2-16-17(9-14)29-12-23-16/h1-3,9,12,15,18,22,28H,4-8,10-11H2,(H,24,26)/t15-,18-/m0/s1. The highest BCUT2D eigenvalue weighted by Crippen LogP contribution is 2.52. The minimum atomic E-state index is -0.572. The monoisotopic (exact) mass is 412 g/mol. The third-order valence-corrected chi connectivity index (χ3v) is 7.44. The number of piperidine rings is 1. The average Bonchev–Trinajstić information content (AvgIpc) is 3.34. The molecule has 2 atom stereocenters. The molecule has 8 heteroatoms. The zero-order chi connectivity index (χ0) is 20.0. The minimum absolute atomic E-state index is 0.0534. The number of nitrogens with one attached hydrogen (secondary N) is 2. The zero-order valence-electron chi connectivity index (χ0n) is 16.1. The van der Waals surface area contributed by atoms with Crippen molar-refractivity contribution >= 4 is 38.9 Å². The van der Waals surface area contributed by atoms with Crippen molar-refractivity contribution in [3.8, 4) is 0 Å². The molecule has 1 saturated heterocycles. The lowest BCUT2D eigenvalue weighted by atomic mass is 9.81. The lowest BCUT2D eigenvalue weighted by molar-refractivity contribution is -0.144. The van der Waals surface area contributed by atoms with Crippen molar-refractivity contribution in [2.24, 2.45) is 11.3 Å². The quantitative estimate of drug-likeness (QED) is 0.531. The molecular weight excluding hydrogens is 388 g/mol. The highest BCUT2D eigenvalue weighted by molar-refractivity contribution is 7.16. The predicted octanol–water partition coefficient (Wildman–Crippen LogP) is 2.18. The Morgan fingerprint density at radius 1 is 1.34 bits per heavy atom. The van der Waals surface area contributed by atoms with Crippen LogP contribution in [0, 0.1) is 11.3 Å². The van der Waals surface area contributed by atoms with Gasteiger partial charge in [-0.1, -0.05) is 12.1 Å². The van der Waals surface area contributed by atoms with Crippen molar-refractivity contribution < 1.29 is 14.8 Å². The molecule has 0 bridgehead atoms. The molecular formula is C21H24N4O3S. The fraction of sp³-hybridized carbons (Fsp3) is 0.476. The van der Waals surface area contributed by atoms with Gasteiger partial charge in [0.1, 0.15) is 0 Å². The first kappa shape index (κ1) is 18.7. The zero-order valence-corrected chi connectivity index (χ0v) is 16.9. The van der Waals surface area contributed by atoms with Gasteiger partial charge >= 0.3 is 0 Å². The first-order chi connectivity index (χ1) is 14.1. The van der Waals surface area contributed by atoms with Gasteiger partial charge in [0.05, 0.1) is 27.7 Å². The number of aromatic nitrogens is 1. The third kappa shape index (κ3) is 3.45. The molecule has 7 nitrogen and oxygen atoms in total. The molecule has 0 radical (unpaired) electrons. The summed E-state index contributed by atoms with van der Waals surface area (Å²) in [4.78, 5) is 31.5. The van der Waals surface area contributed by atoms with Gasteiger partial charge in [-0.05, 0) is 54.4 Å². The molecule has 1 aromatic heterocycles. The molecule has 0 unspecified atom stereocenters. The second-order valence-electron chi connectivity index (χ2n) is 8.44. The number of benzene rings is 1. The van der Waals surface area contributed by atoms with Crippen molar-refractivity contribution in [2.75, 3.05) is 19.6 Å². The third-order valence-electron chi connectivity index (χ3n) is 6.65. The predicted molar refractivity (Wildman–Crippen MR) is 110 cm³/mol. The highest BCUT2D eigenvalue weighted by Gasteiger charge is 2.52. The fourth-order valence-electron chi connectivity index (χ4n) is 4.65. The van der Waals surface area contributed by atoms with E-state index in [1.807, 2.05) is 16.5 Å². The molecule has 1 aromatic carbocycles. The Kier molecular flexibility index (Phi) is 4.64. The smallest absolute Gasteiger partial charge is 0.248 e. The molecule has 2 fully saturated rings. The van der Waals surface area contributed by atoms with Gasteiger partial charge in [-0.25, -0.2) is 10.5 Å². The molecule has 3 aliphatic rings. The van der Waals surface area contributed by atoms with E-state index in [0.29, 0.717) is 19.5 Å². The molecule has 29 heavy (non-hydrogen) atoms. The Labute approximate surface area is 172 Å². The van der Waals surface area contributed by atoms with Crippen LogP contribution in [-0.4, -0.2) is 52.6 Å². The van der Waals surface area contributed by atoms with E-state index in [4.69, 9.17) is 5.21 Å². The molecule has 5 rings (SSSR count). The lowest BCUT2D eigenvalue weighted by Crippen LogP contribution is -2.59. The molecule has 1 saturated carbocycles. The number of fused-ring (bicyclic) bond motifs is 1. The summed E-state index contributed by atoms with van der Waals surface area (Å²) in [7, 11) is 0. The summed E-state index contributed by atoms with van der Waals surface area (Å²) in [6.07, 6.45) is 5.71. The van der Waals surface area contributed by atoms with Crippen LogP contribution in [0.4, 0.5) is 0 Å². The van der Waals surface area contributed by atoms with E-state index in [0.717, 1.165) is 31.3 Å². The number of hydrogen-bond donors (Lipinski definition) is 3. The molecule has 3 N–H and O–H groups in total. The summed E-state index contributed by atoms with van der Waals surface area (Å²) < 4.78 is 1.17. The van der Waals surface area contributed by atoms with Crippen LogP contribution < -0.4 is 10.8 Å². The molecule has 1 spiro atoms. The molecule has 2 aromatic rings. The van der Waals surface area contributed by atoms with Crippen LogP contribution in [-0.2, 0) is 9.59 Å². The van der Waals surface area contributed by atoms with Crippen molar-refractivity contribution in [2.45, 2.75) is 31.7 Å². The summed E-state index contributed by atoms with van der Waals surface area (Å²) in [5.74, 6) is -1.04. The van der Waals surface area contributed by atoms with Crippen LogP contribution in [0.25, 0.3) is 15.8 Å². The summed E-state index contributed by atoms with van der Waals surface area (Å²) in [6.45, 7) is 1.93. The van der Waals surface area contributed by atoms with Crippen LogP contribution >= 0.6 is 11.3 Å². The number of amides is 2. The summed E-state index contributed by atoms with van der Waals surface area (Å²) >= 11 is 1.63. The van der Waals surface area contributed by atoms with Gasteiger partial charge in [0, 0.05) is 19.6 Å². The van der Waals surface area contributed by atoms with Gasteiger partial charge in [0.25, 0.3) is 0 Å². The normalized spacial score (nSPS) is 25.7. The van der Waals surface area contributed by atoms with Gasteiger partial charge in [0.15, 0.2) is 0 Å². The van der Waals surface area contributed by atoms with Crippen molar-refractivity contribution in [1.82, 2.24) is 20.7 Å². The molecule has 3 heterocycles. The SMILES string of the molecule is O=C(NO)[C@H]1CC2(CC2)CN[C@@H]1C(=O)N1CC=C(c2ccc3ncsc3c2)CC1. The number of carbonyl (C=O) groups is 2. The van der Waals surface area contributed by atoms with Gasteiger partial charge in [-0.3, -0.25) is 14.8 Å². The maximum absolute atomic E-state index is 13.2. The first-order valence-electron chi connectivity index (χ1n) is 10.1. The molecule has 1 aliphatic carbocycles. The summed E-state index contributed by atoms with van der Waals surface area (Å²) in [5, 5.41) is 12.4. The Balaban J connectivity index is 1.30. The maximum atomic E-state index is 13.2. The average molecular weight is 413 g/mol. The fourth-order valence-corrected chi connectivity index (χ4v) is 5.37. The van der Waals surface area contributed by atoms with E-state index in [-0.39, 0.29) is 11.3 Å². The van der Waals surface area contributed by atoms with Crippen molar-refractivity contribution in [3.63, 3.8) is 0 Å². The molecule has 2 aliphatic heterocycles. The van der Waals surface area contributed by atoms with E-state index >= 15 is 0 Å². The first-order valence-corrected chi connectivity index (χ1v) is 11.0. The van der Waals surface area contributed by atoms with Crippen LogP contribution in [0.5, 0.6) is 0 Å². The Bertz CT molecular complexity index is 997.